The maximum absolute atomic E-state index is 12.6. The van der Waals surface area contributed by atoms with Gasteiger partial charge in [0.2, 0.25) is 0 Å². The van der Waals surface area contributed by atoms with Crippen molar-refractivity contribution in [1.29, 1.82) is 0 Å². The van der Waals surface area contributed by atoms with E-state index in [1.807, 2.05) is 81.4 Å². The molecule has 0 bridgehead atoms. The molecule has 3 amide bonds. The first-order valence-corrected chi connectivity index (χ1v) is 13.2. The van der Waals surface area contributed by atoms with Crippen LogP contribution < -0.4 is 10.6 Å². The number of ether oxygens (including phenoxy) is 1. The van der Waals surface area contributed by atoms with Gasteiger partial charge in [0.25, 0.3) is 0 Å². The van der Waals surface area contributed by atoms with Gasteiger partial charge in [0.1, 0.15) is 16.9 Å². The number of furan rings is 1. The van der Waals surface area contributed by atoms with Crippen LogP contribution in [0.4, 0.5) is 21.0 Å². The summed E-state index contributed by atoms with van der Waals surface area (Å²) < 4.78 is 11.8. The molecule has 8 nitrogen and oxygen atoms in total. The maximum Gasteiger partial charge on any atom is 0.410 e. The van der Waals surface area contributed by atoms with Crippen molar-refractivity contribution < 1.29 is 18.7 Å². The molecule has 0 atom stereocenters. The number of carbonyl (C=O) groups excluding carboxylic acids is 2. The fraction of sp³-hybridized carbons (Fsp3) is 0.290. The molecule has 3 aromatic carbocycles. The molecule has 4 aromatic rings. The lowest BCUT2D eigenvalue weighted by Crippen LogP contribution is -2.49. The fourth-order valence-corrected chi connectivity index (χ4v) is 4.59. The van der Waals surface area contributed by atoms with Gasteiger partial charge in [0.05, 0.1) is 5.69 Å². The standard InChI is InChI=1S/C31H34N4O4/c1-31(2,3)39-30(37)35-17-15-34(16-18-35)21-22-13-14-23-20-28(38-27(23)19-22)25-11-7-8-12-26(25)33-29(36)32-24-9-5-4-6-10-24/h4-14,19-20H,15-18,21H2,1-3H3,(H2,32,33,36). The quantitative estimate of drug-likeness (QED) is 0.299. The van der Waals surface area contributed by atoms with Crippen LogP contribution in [0.25, 0.3) is 22.3 Å². The number of para-hydroxylation sites is 2. The summed E-state index contributed by atoms with van der Waals surface area (Å²) in [6.45, 7) is 9.27. The number of nitrogens with one attached hydrogen (secondary N) is 2. The van der Waals surface area contributed by atoms with Gasteiger partial charge >= 0.3 is 12.1 Å². The molecule has 0 aliphatic carbocycles. The average molecular weight is 527 g/mol. The Hall–Kier alpha value is -4.30. The van der Waals surface area contributed by atoms with E-state index in [2.05, 4.69) is 33.7 Å². The summed E-state index contributed by atoms with van der Waals surface area (Å²) in [7, 11) is 0. The van der Waals surface area contributed by atoms with E-state index >= 15 is 0 Å². The highest BCUT2D eigenvalue weighted by Crippen LogP contribution is 2.33. The molecule has 1 saturated heterocycles. The fourth-order valence-electron chi connectivity index (χ4n) is 4.59. The Morgan fingerprint density at radius 1 is 0.872 bits per heavy atom. The lowest BCUT2D eigenvalue weighted by Gasteiger charge is -2.35. The summed E-state index contributed by atoms with van der Waals surface area (Å²) >= 11 is 0. The summed E-state index contributed by atoms with van der Waals surface area (Å²) in [6.07, 6.45) is -0.251. The Balaban J connectivity index is 1.24. The minimum atomic E-state index is -0.489. The van der Waals surface area contributed by atoms with Gasteiger partial charge in [0, 0.05) is 49.4 Å². The summed E-state index contributed by atoms with van der Waals surface area (Å²) in [5, 5.41) is 6.78. The smallest absolute Gasteiger partial charge is 0.410 e. The molecule has 1 aromatic heterocycles. The Kier molecular flexibility index (Phi) is 7.56. The van der Waals surface area contributed by atoms with Gasteiger partial charge in [-0.15, -0.1) is 0 Å². The number of carbonyl (C=O) groups is 2. The van der Waals surface area contributed by atoms with E-state index in [0.717, 1.165) is 47.4 Å². The highest BCUT2D eigenvalue weighted by atomic mass is 16.6. The lowest BCUT2D eigenvalue weighted by atomic mass is 10.1. The molecule has 1 aliphatic heterocycles. The summed E-state index contributed by atoms with van der Waals surface area (Å²) in [5.74, 6) is 0.684. The van der Waals surface area contributed by atoms with Crippen molar-refractivity contribution in [2.24, 2.45) is 0 Å². The Morgan fingerprint density at radius 3 is 2.33 bits per heavy atom. The SMILES string of the molecule is CC(C)(C)OC(=O)N1CCN(Cc2ccc3cc(-c4ccccc4NC(=O)Nc4ccccc4)oc3c2)CC1. The Labute approximate surface area is 228 Å². The molecule has 0 radical (unpaired) electrons. The minimum absolute atomic E-state index is 0.251. The van der Waals surface area contributed by atoms with E-state index in [9.17, 15) is 9.59 Å². The summed E-state index contributed by atoms with van der Waals surface area (Å²) in [6, 6.07) is 24.8. The highest BCUT2D eigenvalue weighted by molar-refractivity contribution is 6.02. The minimum Gasteiger partial charge on any atom is -0.456 e. The number of nitrogens with zero attached hydrogens (tertiary/aromatic N) is 2. The van der Waals surface area contributed by atoms with Gasteiger partial charge in [-0.25, -0.2) is 9.59 Å². The molecule has 1 aliphatic rings. The molecular formula is C31H34N4O4. The first-order valence-electron chi connectivity index (χ1n) is 13.2. The molecule has 2 heterocycles. The molecule has 1 fully saturated rings. The van der Waals surface area contributed by atoms with Crippen LogP contribution in [0.2, 0.25) is 0 Å². The largest absolute Gasteiger partial charge is 0.456 e. The van der Waals surface area contributed by atoms with E-state index in [1.54, 1.807) is 4.90 Å². The van der Waals surface area contributed by atoms with Crippen molar-refractivity contribution in [2.75, 3.05) is 36.8 Å². The van der Waals surface area contributed by atoms with Crippen LogP contribution in [0.3, 0.4) is 0 Å². The third kappa shape index (κ3) is 6.78. The molecule has 2 N–H and O–H groups in total. The predicted molar refractivity (Wildman–Crippen MR) is 154 cm³/mol. The van der Waals surface area contributed by atoms with Crippen LogP contribution in [-0.4, -0.2) is 53.7 Å². The van der Waals surface area contributed by atoms with Crippen molar-refractivity contribution in [3.8, 4) is 11.3 Å². The molecular weight excluding hydrogens is 492 g/mol. The van der Waals surface area contributed by atoms with Crippen LogP contribution in [0.1, 0.15) is 26.3 Å². The highest BCUT2D eigenvalue weighted by Gasteiger charge is 2.26. The zero-order valence-corrected chi connectivity index (χ0v) is 22.6. The summed E-state index contributed by atoms with van der Waals surface area (Å²) in [4.78, 5) is 29.1. The van der Waals surface area contributed by atoms with Gasteiger partial charge in [-0.05, 0) is 62.7 Å². The van der Waals surface area contributed by atoms with Crippen molar-refractivity contribution in [3.05, 3.63) is 84.4 Å². The number of hydrogen-bond acceptors (Lipinski definition) is 5. The Morgan fingerprint density at radius 2 is 1.59 bits per heavy atom. The zero-order valence-electron chi connectivity index (χ0n) is 22.6. The van der Waals surface area contributed by atoms with E-state index in [-0.39, 0.29) is 12.1 Å². The van der Waals surface area contributed by atoms with Crippen LogP contribution in [-0.2, 0) is 11.3 Å². The maximum atomic E-state index is 12.6. The monoisotopic (exact) mass is 526 g/mol. The molecule has 0 unspecified atom stereocenters. The van der Waals surface area contributed by atoms with Crippen LogP contribution in [0.15, 0.2) is 83.3 Å². The van der Waals surface area contributed by atoms with Gasteiger partial charge < -0.3 is 24.7 Å². The van der Waals surface area contributed by atoms with Gasteiger partial charge in [-0.3, -0.25) is 4.90 Å². The number of rotatable bonds is 5. The van der Waals surface area contributed by atoms with E-state index in [0.29, 0.717) is 24.5 Å². The second-order valence-electron chi connectivity index (χ2n) is 10.7. The molecule has 5 rings (SSSR count). The van der Waals surface area contributed by atoms with E-state index in [1.165, 1.54) is 0 Å². The second kappa shape index (κ2) is 11.2. The number of benzene rings is 3. The molecule has 0 spiro atoms. The molecule has 39 heavy (non-hydrogen) atoms. The average Bonchev–Trinajstić information content (AvgIpc) is 3.32. The number of anilines is 2. The third-order valence-corrected chi connectivity index (χ3v) is 6.49. The normalized spacial score (nSPS) is 14.3. The third-order valence-electron chi connectivity index (χ3n) is 6.49. The number of urea groups is 1. The Bertz CT molecular complexity index is 1450. The lowest BCUT2D eigenvalue weighted by molar-refractivity contribution is 0.0139. The number of fused-ring (bicyclic) bond motifs is 1. The molecule has 8 heteroatoms. The molecule has 0 saturated carbocycles. The topological polar surface area (TPSA) is 87.0 Å². The first kappa shape index (κ1) is 26.3. The number of piperazine rings is 1. The van der Waals surface area contributed by atoms with E-state index < -0.39 is 5.60 Å². The summed E-state index contributed by atoms with van der Waals surface area (Å²) in [5.41, 5.74) is 3.62. The van der Waals surface area contributed by atoms with Crippen molar-refractivity contribution in [1.82, 2.24) is 9.80 Å². The van der Waals surface area contributed by atoms with Gasteiger partial charge in [0.15, 0.2) is 0 Å². The predicted octanol–water partition coefficient (Wildman–Crippen LogP) is 6.80. The zero-order chi connectivity index (χ0) is 27.4. The van der Waals surface area contributed by atoms with Crippen LogP contribution in [0.5, 0.6) is 0 Å². The van der Waals surface area contributed by atoms with Crippen LogP contribution >= 0.6 is 0 Å². The first-order chi connectivity index (χ1) is 18.7. The molecule has 202 valence electrons. The van der Waals surface area contributed by atoms with Gasteiger partial charge in [-0.1, -0.05) is 42.5 Å². The van der Waals surface area contributed by atoms with Crippen LogP contribution in [0, 0.1) is 0 Å². The van der Waals surface area contributed by atoms with Crippen molar-refractivity contribution in [3.63, 3.8) is 0 Å². The second-order valence-corrected chi connectivity index (χ2v) is 10.7. The van der Waals surface area contributed by atoms with Crippen molar-refractivity contribution >= 4 is 34.5 Å². The van der Waals surface area contributed by atoms with Crippen molar-refractivity contribution in [2.45, 2.75) is 32.9 Å². The van der Waals surface area contributed by atoms with E-state index in [4.69, 9.17) is 9.15 Å². The van der Waals surface area contributed by atoms with Gasteiger partial charge in [-0.2, -0.15) is 0 Å². The number of amides is 3. The number of hydrogen-bond donors (Lipinski definition) is 2.